The van der Waals surface area contributed by atoms with Crippen LogP contribution in [0.1, 0.15) is 18.4 Å². The maximum Gasteiger partial charge on any atom is 0.282 e. The summed E-state index contributed by atoms with van der Waals surface area (Å²) in [5, 5.41) is 0. The van der Waals surface area contributed by atoms with E-state index in [1.54, 1.807) is 17.3 Å². The van der Waals surface area contributed by atoms with E-state index in [1.165, 1.54) is 15.7 Å². The summed E-state index contributed by atoms with van der Waals surface area (Å²) < 4.78 is 39.3. The first kappa shape index (κ1) is 21.1. The number of ether oxygens (including phenoxy) is 2. The summed E-state index contributed by atoms with van der Waals surface area (Å²) in [6.45, 7) is 2.66. The molecule has 10 heteroatoms. The van der Waals surface area contributed by atoms with Crippen molar-refractivity contribution in [1.29, 1.82) is 0 Å². The Balaban J connectivity index is 1.75. The van der Waals surface area contributed by atoms with E-state index in [4.69, 9.17) is 9.47 Å². The first-order valence-electron chi connectivity index (χ1n) is 9.52. The van der Waals surface area contributed by atoms with Crippen LogP contribution >= 0.6 is 0 Å². The highest BCUT2D eigenvalue weighted by Crippen LogP contribution is 2.23. The summed E-state index contributed by atoms with van der Waals surface area (Å²) in [5.74, 6) is -0.151. The molecule has 1 atom stereocenters. The SMILES string of the molecule is COCC(=O)N(Cc1cccnc1)C1CCCN(S(=O)(=O)N2CCOCC2)C1. The molecule has 0 aliphatic carbocycles. The van der Waals surface area contributed by atoms with E-state index in [2.05, 4.69) is 4.98 Å². The Kier molecular flexibility index (Phi) is 7.36. The summed E-state index contributed by atoms with van der Waals surface area (Å²) in [7, 11) is -2.07. The Morgan fingerprint density at radius 2 is 2.11 bits per heavy atom. The van der Waals surface area contributed by atoms with Crippen molar-refractivity contribution in [3.8, 4) is 0 Å². The summed E-state index contributed by atoms with van der Waals surface area (Å²) >= 11 is 0. The van der Waals surface area contributed by atoms with Crippen LogP contribution in [0.15, 0.2) is 24.5 Å². The Labute approximate surface area is 166 Å². The lowest BCUT2D eigenvalue weighted by Crippen LogP contribution is -2.56. The zero-order valence-electron chi connectivity index (χ0n) is 16.2. The quantitative estimate of drug-likeness (QED) is 0.631. The highest BCUT2D eigenvalue weighted by atomic mass is 32.2. The predicted molar refractivity (Wildman–Crippen MR) is 103 cm³/mol. The number of pyridine rings is 1. The fourth-order valence-electron chi connectivity index (χ4n) is 3.64. The van der Waals surface area contributed by atoms with Crippen LogP contribution in [0, 0.1) is 0 Å². The van der Waals surface area contributed by atoms with Crippen molar-refractivity contribution in [3.05, 3.63) is 30.1 Å². The van der Waals surface area contributed by atoms with Gasteiger partial charge in [-0.15, -0.1) is 0 Å². The van der Waals surface area contributed by atoms with E-state index < -0.39 is 10.2 Å². The maximum atomic E-state index is 13.0. The lowest BCUT2D eigenvalue weighted by atomic mass is 10.0. The van der Waals surface area contributed by atoms with E-state index in [0.717, 1.165) is 12.0 Å². The highest BCUT2D eigenvalue weighted by molar-refractivity contribution is 7.86. The summed E-state index contributed by atoms with van der Waals surface area (Å²) in [6, 6.07) is 3.53. The van der Waals surface area contributed by atoms with Gasteiger partial charge in [0.05, 0.1) is 13.2 Å². The highest BCUT2D eigenvalue weighted by Gasteiger charge is 2.37. The number of nitrogens with zero attached hydrogens (tertiary/aromatic N) is 4. The zero-order valence-corrected chi connectivity index (χ0v) is 17.0. The minimum Gasteiger partial charge on any atom is -0.379 e. The second-order valence-electron chi connectivity index (χ2n) is 6.99. The number of amides is 1. The fraction of sp³-hybridized carbons (Fsp3) is 0.667. The van der Waals surface area contributed by atoms with Crippen LogP contribution in [0.25, 0.3) is 0 Å². The van der Waals surface area contributed by atoms with Crippen molar-refractivity contribution in [2.75, 3.05) is 53.1 Å². The predicted octanol–water partition coefficient (Wildman–Crippen LogP) is 0.0980. The molecule has 2 fully saturated rings. The first-order valence-corrected chi connectivity index (χ1v) is 10.9. The number of morpholine rings is 1. The Morgan fingerprint density at radius 3 is 2.79 bits per heavy atom. The van der Waals surface area contributed by atoms with Crippen LogP contribution in [-0.4, -0.2) is 92.0 Å². The number of methoxy groups -OCH3 is 1. The first-order chi connectivity index (χ1) is 13.5. The van der Waals surface area contributed by atoms with Gasteiger partial charge in [0.2, 0.25) is 5.91 Å². The van der Waals surface area contributed by atoms with Crippen molar-refractivity contribution >= 4 is 16.1 Å². The number of piperidine rings is 1. The molecule has 1 unspecified atom stereocenters. The molecule has 0 N–H and O–H groups in total. The third-order valence-corrected chi connectivity index (χ3v) is 7.09. The van der Waals surface area contributed by atoms with Crippen LogP contribution in [0.4, 0.5) is 0 Å². The minimum atomic E-state index is -3.56. The summed E-state index contributed by atoms with van der Waals surface area (Å²) in [5.41, 5.74) is 0.903. The van der Waals surface area contributed by atoms with Crippen LogP contribution in [-0.2, 0) is 31.0 Å². The Hall–Kier alpha value is -1.59. The van der Waals surface area contributed by atoms with Gasteiger partial charge in [0, 0.05) is 58.3 Å². The number of hydrogen-bond acceptors (Lipinski definition) is 6. The van der Waals surface area contributed by atoms with Gasteiger partial charge in [-0.1, -0.05) is 6.07 Å². The lowest BCUT2D eigenvalue weighted by Gasteiger charge is -2.40. The molecule has 2 aliphatic heterocycles. The van der Waals surface area contributed by atoms with Crippen molar-refractivity contribution in [3.63, 3.8) is 0 Å². The molecule has 2 saturated heterocycles. The molecule has 0 spiro atoms. The van der Waals surface area contributed by atoms with E-state index in [1.807, 2.05) is 12.1 Å². The van der Waals surface area contributed by atoms with E-state index in [0.29, 0.717) is 45.8 Å². The zero-order chi connectivity index (χ0) is 20.0. The standard InChI is InChI=1S/C18H28N4O5S/c1-26-15-18(23)22(13-16-4-2-6-19-12-16)17-5-3-7-21(14-17)28(24,25)20-8-10-27-11-9-20/h2,4,6,12,17H,3,5,7-11,13-15H2,1H3. The summed E-state index contributed by atoms with van der Waals surface area (Å²) in [6.07, 6.45) is 4.86. The average molecular weight is 413 g/mol. The molecule has 156 valence electrons. The molecule has 9 nitrogen and oxygen atoms in total. The monoisotopic (exact) mass is 412 g/mol. The molecule has 1 aromatic rings. The minimum absolute atomic E-state index is 0.0347. The smallest absolute Gasteiger partial charge is 0.282 e. The molecule has 1 amide bonds. The van der Waals surface area contributed by atoms with Crippen molar-refractivity contribution in [2.24, 2.45) is 0 Å². The van der Waals surface area contributed by atoms with Gasteiger partial charge in [-0.2, -0.15) is 17.0 Å². The normalized spacial score (nSPS) is 22.1. The van der Waals surface area contributed by atoms with Gasteiger partial charge < -0.3 is 14.4 Å². The van der Waals surface area contributed by atoms with Gasteiger partial charge in [0.25, 0.3) is 10.2 Å². The van der Waals surface area contributed by atoms with E-state index >= 15 is 0 Å². The Bertz CT molecular complexity index is 740. The fourth-order valence-corrected chi connectivity index (χ4v) is 5.30. The van der Waals surface area contributed by atoms with Gasteiger partial charge in [-0.05, 0) is 24.5 Å². The van der Waals surface area contributed by atoms with Gasteiger partial charge >= 0.3 is 0 Å². The van der Waals surface area contributed by atoms with Crippen LogP contribution in [0.3, 0.4) is 0 Å². The number of aromatic nitrogens is 1. The number of hydrogen-bond donors (Lipinski definition) is 0. The third kappa shape index (κ3) is 5.06. The molecule has 2 aliphatic rings. The van der Waals surface area contributed by atoms with Gasteiger partial charge in [0.1, 0.15) is 6.61 Å². The van der Waals surface area contributed by atoms with Gasteiger partial charge in [-0.25, -0.2) is 0 Å². The van der Waals surface area contributed by atoms with E-state index in [9.17, 15) is 13.2 Å². The second-order valence-corrected chi connectivity index (χ2v) is 8.92. The molecular formula is C18H28N4O5S. The van der Waals surface area contributed by atoms with Crippen molar-refractivity contribution < 1.29 is 22.7 Å². The molecule has 28 heavy (non-hydrogen) atoms. The van der Waals surface area contributed by atoms with E-state index in [-0.39, 0.29) is 25.1 Å². The van der Waals surface area contributed by atoms with Gasteiger partial charge in [-0.3, -0.25) is 9.78 Å². The topological polar surface area (TPSA) is 92.3 Å². The van der Waals surface area contributed by atoms with Crippen LogP contribution in [0.5, 0.6) is 0 Å². The van der Waals surface area contributed by atoms with Crippen molar-refractivity contribution in [1.82, 2.24) is 18.5 Å². The molecule has 3 heterocycles. The molecular weight excluding hydrogens is 384 g/mol. The molecule has 0 bridgehead atoms. The molecule has 0 saturated carbocycles. The third-order valence-electron chi connectivity index (χ3n) is 5.09. The molecule has 0 radical (unpaired) electrons. The second kappa shape index (κ2) is 9.75. The lowest BCUT2D eigenvalue weighted by molar-refractivity contribution is -0.139. The summed E-state index contributed by atoms with van der Waals surface area (Å²) in [4.78, 5) is 18.5. The molecule has 0 aromatic carbocycles. The molecule has 1 aromatic heterocycles. The Morgan fingerprint density at radius 1 is 1.32 bits per heavy atom. The average Bonchev–Trinajstić information content (AvgIpc) is 2.73. The number of rotatable bonds is 7. The van der Waals surface area contributed by atoms with Crippen LogP contribution < -0.4 is 0 Å². The molecule has 3 rings (SSSR count). The van der Waals surface area contributed by atoms with Crippen LogP contribution in [0.2, 0.25) is 0 Å². The number of carbonyl (C=O) groups excluding carboxylic acids is 1. The number of carbonyl (C=O) groups is 1. The largest absolute Gasteiger partial charge is 0.379 e. The van der Waals surface area contributed by atoms with Gasteiger partial charge in [0.15, 0.2) is 0 Å². The van der Waals surface area contributed by atoms with Crippen molar-refractivity contribution in [2.45, 2.75) is 25.4 Å². The maximum absolute atomic E-state index is 13.0.